The molecule has 0 aromatic heterocycles. The number of nitrogens with zero attached hydrogens (tertiary/aromatic N) is 1. The monoisotopic (exact) mass is 246 g/mol. The highest BCUT2D eigenvalue weighted by molar-refractivity contribution is 5.14. The number of hydrogen-bond donors (Lipinski definition) is 1. The molecule has 0 saturated carbocycles. The highest BCUT2D eigenvalue weighted by Gasteiger charge is 2.21. The van der Waals surface area contributed by atoms with Crippen LogP contribution in [0.5, 0.6) is 0 Å². The number of benzene rings is 1. The number of piperidine rings is 1. The van der Waals surface area contributed by atoms with Crippen LogP contribution in [0.25, 0.3) is 0 Å². The van der Waals surface area contributed by atoms with Gasteiger partial charge in [0.25, 0.3) is 0 Å². The molecule has 18 heavy (non-hydrogen) atoms. The fraction of sp³-hybridized carbons (Fsp3) is 0.625. The van der Waals surface area contributed by atoms with Crippen LogP contribution in [-0.4, -0.2) is 31.1 Å². The Hall–Kier alpha value is -0.860. The van der Waals surface area contributed by atoms with Gasteiger partial charge in [0.1, 0.15) is 0 Å². The molecule has 1 aromatic rings. The summed E-state index contributed by atoms with van der Waals surface area (Å²) in [7, 11) is 2.23. The Kier molecular flexibility index (Phi) is 5.21. The van der Waals surface area contributed by atoms with Gasteiger partial charge in [0.2, 0.25) is 0 Å². The summed E-state index contributed by atoms with van der Waals surface area (Å²) >= 11 is 0. The van der Waals surface area contributed by atoms with E-state index in [-0.39, 0.29) is 0 Å². The third-order valence-electron chi connectivity index (χ3n) is 4.01. The second-order valence-corrected chi connectivity index (χ2v) is 5.63. The lowest BCUT2D eigenvalue weighted by Gasteiger charge is -2.32. The molecule has 1 saturated heterocycles. The van der Waals surface area contributed by atoms with Crippen LogP contribution in [-0.2, 0) is 6.54 Å². The molecule has 0 amide bonds. The van der Waals surface area contributed by atoms with Gasteiger partial charge in [0, 0.05) is 19.1 Å². The van der Waals surface area contributed by atoms with Crippen LogP contribution in [0.3, 0.4) is 0 Å². The van der Waals surface area contributed by atoms with E-state index in [2.05, 4.69) is 54.5 Å². The lowest BCUT2D eigenvalue weighted by molar-refractivity contribution is 0.220. The largest absolute Gasteiger partial charge is 0.313 e. The highest BCUT2D eigenvalue weighted by atomic mass is 15.1. The van der Waals surface area contributed by atoms with E-state index in [0.29, 0.717) is 6.04 Å². The first-order valence-electron chi connectivity index (χ1n) is 7.23. The second-order valence-electron chi connectivity index (χ2n) is 5.63. The van der Waals surface area contributed by atoms with Gasteiger partial charge >= 0.3 is 0 Å². The van der Waals surface area contributed by atoms with Gasteiger partial charge < -0.3 is 10.2 Å². The summed E-state index contributed by atoms with van der Waals surface area (Å²) in [5, 5.41) is 3.66. The minimum absolute atomic E-state index is 0.678. The van der Waals surface area contributed by atoms with Gasteiger partial charge in [-0.05, 0) is 37.9 Å². The SMILES string of the molecule is CCC1CCNC(CN(C)Cc2ccccc2)C1. The Morgan fingerprint density at radius 1 is 1.28 bits per heavy atom. The maximum atomic E-state index is 3.66. The minimum Gasteiger partial charge on any atom is -0.313 e. The summed E-state index contributed by atoms with van der Waals surface area (Å²) in [6, 6.07) is 11.4. The van der Waals surface area contributed by atoms with Crippen molar-refractivity contribution >= 4 is 0 Å². The topological polar surface area (TPSA) is 15.3 Å². The molecule has 1 heterocycles. The quantitative estimate of drug-likeness (QED) is 0.859. The molecule has 1 aliphatic rings. The van der Waals surface area contributed by atoms with Crippen LogP contribution in [0.2, 0.25) is 0 Å². The maximum absolute atomic E-state index is 3.66. The second kappa shape index (κ2) is 6.91. The predicted molar refractivity (Wildman–Crippen MR) is 77.6 cm³/mol. The molecule has 1 aliphatic heterocycles. The summed E-state index contributed by atoms with van der Waals surface area (Å²) in [4.78, 5) is 2.44. The Labute approximate surface area is 111 Å². The average Bonchev–Trinajstić information content (AvgIpc) is 2.40. The van der Waals surface area contributed by atoms with E-state index >= 15 is 0 Å². The molecular weight excluding hydrogens is 220 g/mol. The van der Waals surface area contributed by atoms with Crippen molar-refractivity contribution < 1.29 is 0 Å². The molecule has 1 N–H and O–H groups in total. The molecule has 2 rings (SSSR count). The number of hydrogen-bond acceptors (Lipinski definition) is 2. The van der Waals surface area contributed by atoms with Gasteiger partial charge in [-0.2, -0.15) is 0 Å². The van der Waals surface area contributed by atoms with Crippen molar-refractivity contribution in [2.75, 3.05) is 20.1 Å². The van der Waals surface area contributed by atoms with Crippen molar-refractivity contribution in [2.24, 2.45) is 5.92 Å². The molecule has 2 atom stereocenters. The van der Waals surface area contributed by atoms with Crippen LogP contribution >= 0.6 is 0 Å². The number of rotatable bonds is 5. The first-order chi connectivity index (χ1) is 8.78. The Balaban J connectivity index is 1.78. The van der Waals surface area contributed by atoms with E-state index in [1.807, 2.05) is 0 Å². The van der Waals surface area contributed by atoms with Gasteiger partial charge in [-0.3, -0.25) is 0 Å². The Morgan fingerprint density at radius 2 is 2.06 bits per heavy atom. The highest BCUT2D eigenvalue weighted by Crippen LogP contribution is 2.19. The summed E-state index contributed by atoms with van der Waals surface area (Å²) in [5.74, 6) is 0.932. The van der Waals surface area contributed by atoms with E-state index < -0.39 is 0 Å². The molecular formula is C16H26N2. The molecule has 100 valence electrons. The molecule has 1 fully saturated rings. The lowest BCUT2D eigenvalue weighted by atomic mass is 9.90. The van der Waals surface area contributed by atoms with E-state index in [9.17, 15) is 0 Å². The van der Waals surface area contributed by atoms with E-state index in [0.717, 1.165) is 19.0 Å². The van der Waals surface area contributed by atoms with Crippen LogP contribution in [0.15, 0.2) is 30.3 Å². The molecule has 2 heteroatoms. The Morgan fingerprint density at radius 3 is 2.78 bits per heavy atom. The van der Waals surface area contributed by atoms with E-state index in [1.54, 1.807) is 0 Å². The van der Waals surface area contributed by atoms with Gasteiger partial charge in [0.15, 0.2) is 0 Å². The molecule has 2 nitrogen and oxygen atoms in total. The average molecular weight is 246 g/mol. The van der Waals surface area contributed by atoms with Crippen LogP contribution < -0.4 is 5.32 Å². The Bertz CT molecular complexity index is 336. The third-order valence-corrected chi connectivity index (χ3v) is 4.01. The van der Waals surface area contributed by atoms with Crippen molar-refractivity contribution in [3.63, 3.8) is 0 Å². The van der Waals surface area contributed by atoms with Crippen molar-refractivity contribution in [1.82, 2.24) is 10.2 Å². The van der Waals surface area contributed by atoms with Crippen LogP contribution in [0.4, 0.5) is 0 Å². The molecule has 0 aliphatic carbocycles. The summed E-state index contributed by atoms with van der Waals surface area (Å²) < 4.78 is 0. The van der Waals surface area contributed by atoms with E-state index in [4.69, 9.17) is 0 Å². The zero-order valence-electron chi connectivity index (χ0n) is 11.7. The molecule has 0 spiro atoms. The van der Waals surface area contributed by atoms with Crippen LogP contribution in [0.1, 0.15) is 31.7 Å². The summed E-state index contributed by atoms with van der Waals surface area (Å²) in [6.07, 6.45) is 4.03. The van der Waals surface area contributed by atoms with Crippen LogP contribution in [0, 0.1) is 5.92 Å². The first kappa shape index (κ1) is 13.6. The van der Waals surface area contributed by atoms with Gasteiger partial charge in [-0.25, -0.2) is 0 Å². The standard InChI is InChI=1S/C16H26N2/c1-3-14-9-10-17-16(11-14)13-18(2)12-15-7-5-4-6-8-15/h4-8,14,16-17H,3,9-13H2,1-2H3. The fourth-order valence-corrected chi connectivity index (χ4v) is 2.94. The van der Waals surface area contributed by atoms with Gasteiger partial charge in [-0.1, -0.05) is 43.7 Å². The van der Waals surface area contributed by atoms with E-state index in [1.165, 1.54) is 31.4 Å². The minimum atomic E-state index is 0.678. The molecule has 0 bridgehead atoms. The number of likely N-dealkylation sites (N-methyl/N-ethyl adjacent to an activating group) is 1. The zero-order chi connectivity index (χ0) is 12.8. The summed E-state index contributed by atoms with van der Waals surface area (Å²) in [6.45, 7) is 5.73. The number of nitrogens with one attached hydrogen (secondary N) is 1. The van der Waals surface area contributed by atoms with Crippen molar-refractivity contribution in [2.45, 2.75) is 38.8 Å². The molecule has 0 radical (unpaired) electrons. The van der Waals surface area contributed by atoms with Crippen molar-refractivity contribution in [3.05, 3.63) is 35.9 Å². The maximum Gasteiger partial charge on any atom is 0.0231 e. The van der Waals surface area contributed by atoms with Crippen molar-refractivity contribution in [3.8, 4) is 0 Å². The zero-order valence-corrected chi connectivity index (χ0v) is 11.7. The first-order valence-corrected chi connectivity index (χ1v) is 7.23. The van der Waals surface area contributed by atoms with Gasteiger partial charge in [-0.15, -0.1) is 0 Å². The predicted octanol–water partition coefficient (Wildman–Crippen LogP) is 2.90. The molecule has 1 aromatic carbocycles. The summed E-state index contributed by atoms with van der Waals surface area (Å²) in [5.41, 5.74) is 1.41. The third kappa shape index (κ3) is 4.11. The fourth-order valence-electron chi connectivity index (χ4n) is 2.94. The lowest BCUT2D eigenvalue weighted by Crippen LogP contribution is -2.44. The smallest absolute Gasteiger partial charge is 0.0231 e. The van der Waals surface area contributed by atoms with Crippen molar-refractivity contribution in [1.29, 1.82) is 0 Å². The van der Waals surface area contributed by atoms with Gasteiger partial charge in [0.05, 0.1) is 0 Å². The molecule has 2 unspecified atom stereocenters. The normalized spacial score (nSPS) is 24.4.